The summed E-state index contributed by atoms with van der Waals surface area (Å²) in [5, 5.41) is 0.716. The van der Waals surface area contributed by atoms with Crippen LogP contribution < -0.4 is 15.2 Å². The third-order valence-electron chi connectivity index (χ3n) is 3.94. The van der Waals surface area contributed by atoms with E-state index in [-0.39, 0.29) is 6.04 Å². The highest BCUT2D eigenvalue weighted by Crippen LogP contribution is 2.33. The Kier molecular flexibility index (Phi) is 4.64. The van der Waals surface area contributed by atoms with E-state index in [1.807, 2.05) is 43.3 Å². The molecule has 3 rings (SSSR count). The van der Waals surface area contributed by atoms with Gasteiger partial charge in [0.05, 0.1) is 31.3 Å². The number of rotatable bonds is 5. The Balaban J connectivity index is 2.15. The van der Waals surface area contributed by atoms with Crippen molar-refractivity contribution in [2.24, 2.45) is 5.73 Å². The number of fused-ring (bicyclic) bond motifs is 1. The number of ether oxygens (including phenoxy) is 2. The van der Waals surface area contributed by atoms with Gasteiger partial charge < -0.3 is 19.8 Å². The van der Waals surface area contributed by atoms with E-state index in [1.165, 1.54) is 0 Å². The molecule has 0 spiro atoms. The van der Waals surface area contributed by atoms with Crippen LogP contribution in [0.25, 0.3) is 11.0 Å². The number of imidazole rings is 1. The lowest BCUT2D eigenvalue weighted by Crippen LogP contribution is -2.14. The standard InChI is InChI=1S/C18H20ClN3O2/c1-11(20)18-21-14-8-16(23-2)17(24-3)9-15(14)22(18)10-12-4-6-13(19)7-5-12/h4-9,11H,10,20H2,1-3H3. The van der Waals surface area contributed by atoms with Crippen LogP contribution in [0.5, 0.6) is 11.5 Å². The van der Waals surface area contributed by atoms with Gasteiger partial charge in [-0.25, -0.2) is 4.98 Å². The Morgan fingerprint density at radius 1 is 1.12 bits per heavy atom. The average molecular weight is 346 g/mol. The SMILES string of the molecule is COc1cc2nc(C(C)N)n(Cc3ccc(Cl)cc3)c2cc1OC. The van der Waals surface area contributed by atoms with Gasteiger partial charge in [-0.3, -0.25) is 0 Å². The second-order valence-corrected chi connectivity index (χ2v) is 6.10. The summed E-state index contributed by atoms with van der Waals surface area (Å²) >= 11 is 5.97. The van der Waals surface area contributed by atoms with Gasteiger partial charge in [0.1, 0.15) is 5.82 Å². The zero-order valence-corrected chi connectivity index (χ0v) is 14.7. The second kappa shape index (κ2) is 6.71. The van der Waals surface area contributed by atoms with Crippen molar-refractivity contribution < 1.29 is 9.47 Å². The van der Waals surface area contributed by atoms with Crippen LogP contribution in [0.4, 0.5) is 0 Å². The van der Waals surface area contributed by atoms with Crippen molar-refractivity contribution in [1.29, 1.82) is 0 Å². The number of aromatic nitrogens is 2. The lowest BCUT2D eigenvalue weighted by atomic mass is 10.2. The Labute approximate surface area is 146 Å². The molecular weight excluding hydrogens is 326 g/mol. The lowest BCUT2D eigenvalue weighted by Gasteiger charge is -2.13. The fourth-order valence-corrected chi connectivity index (χ4v) is 2.88. The second-order valence-electron chi connectivity index (χ2n) is 5.67. The maximum atomic E-state index is 6.13. The van der Waals surface area contributed by atoms with Crippen molar-refractivity contribution in [3.05, 3.63) is 52.8 Å². The Morgan fingerprint density at radius 3 is 2.33 bits per heavy atom. The fourth-order valence-electron chi connectivity index (χ4n) is 2.76. The molecule has 3 aromatic rings. The molecule has 1 atom stereocenters. The summed E-state index contributed by atoms with van der Waals surface area (Å²) in [7, 11) is 3.23. The number of nitrogens with two attached hydrogens (primary N) is 1. The van der Waals surface area contributed by atoms with E-state index in [0.29, 0.717) is 23.1 Å². The van der Waals surface area contributed by atoms with Gasteiger partial charge in [-0.1, -0.05) is 23.7 Å². The third-order valence-corrected chi connectivity index (χ3v) is 4.20. The van der Waals surface area contributed by atoms with E-state index >= 15 is 0 Å². The molecule has 0 saturated heterocycles. The van der Waals surface area contributed by atoms with Gasteiger partial charge in [0.25, 0.3) is 0 Å². The highest BCUT2D eigenvalue weighted by atomic mass is 35.5. The van der Waals surface area contributed by atoms with E-state index < -0.39 is 0 Å². The molecule has 0 aliphatic carbocycles. The van der Waals surface area contributed by atoms with Crippen LogP contribution in [-0.4, -0.2) is 23.8 Å². The lowest BCUT2D eigenvalue weighted by molar-refractivity contribution is 0.355. The molecule has 0 amide bonds. The Morgan fingerprint density at radius 2 is 1.75 bits per heavy atom. The molecule has 0 aliphatic heterocycles. The van der Waals surface area contributed by atoms with Crippen molar-refractivity contribution in [2.75, 3.05) is 14.2 Å². The minimum atomic E-state index is -0.193. The van der Waals surface area contributed by atoms with E-state index in [4.69, 9.17) is 26.8 Å². The molecule has 24 heavy (non-hydrogen) atoms. The minimum Gasteiger partial charge on any atom is -0.493 e. The van der Waals surface area contributed by atoms with Crippen molar-refractivity contribution in [1.82, 2.24) is 9.55 Å². The van der Waals surface area contributed by atoms with Crippen LogP contribution in [0.2, 0.25) is 5.02 Å². The first-order valence-corrected chi connectivity index (χ1v) is 8.03. The number of hydrogen-bond donors (Lipinski definition) is 1. The summed E-state index contributed by atoms with van der Waals surface area (Å²) in [4.78, 5) is 4.69. The smallest absolute Gasteiger partial charge is 0.163 e. The van der Waals surface area contributed by atoms with Gasteiger partial charge >= 0.3 is 0 Å². The molecule has 1 unspecified atom stereocenters. The van der Waals surface area contributed by atoms with Crippen LogP contribution in [0.3, 0.4) is 0 Å². The van der Waals surface area contributed by atoms with Crippen molar-refractivity contribution in [3.8, 4) is 11.5 Å². The average Bonchev–Trinajstić information content (AvgIpc) is 2.93. The zero-order chi connectivity index (χ0) is 17.3. The van der Waals surface area contributed by atoms with Crippen LogP contribution in [-0.2, 0) is 6.54 Å². The summed E-state index contributed by atoms with van der Waals surface area (Å²) in [5.74, 6) is 2.13. The summed E-state index contributed by atoms with van der Waals surface area (Å²) in [6.45, 7) is 2.58. The van der Waals surface area contributed by atoms with Crippen molar-refractivity contribution in [2.45, 2.75) is 19.5 Å². The number of methoxy groups -OCH3 is 2. The van der Waals surface area contributed by atoms with E-state index in [9.17, 15) is 0 Å². The molecule has 0 bridgehead atoms. The number of hydrogen-bond acceptors (Lipinski definition) is 4. The van der Waals surface area contributed by atoms with E-state index in [2.05, 4.69) is 9.55 Å². The molecule has 6 heteroatoms. The predicted molar refractivity (Wildman–Crippen MR) is 96.0 cm³/mol. The van der Waals surface area contributed by atoms with Gasteiger partial charge in [0, 0.05) is 23.7 Å². The third kappa shape index (κ3) is 3.05. The van der Waals surface area contributed by atoms with Crippen LogP contribution in [0, 0.1) is 0 Å². The molecule has 1 aromatic heterocycles. The van der Waals surface area contributed by atoms with Crippen molar-refractivity contribution in [3.63, 3.8) is 0 Å². The zero-order valence-electron chi connectivity index (χ0n) is 13.9. The Hall–Kier alpha value is -2.24. The first-order valence-electron chi connectivity index (χ1n) is 7.65. The summed E-state index contributed by atoms with van der Waals surface area (Å²) < 4.78 is 12.9. The van der Waals surface area contributed by atoms with E-state index in [1.54, 1.807) is 14.2 Å². The molecule has 2 aromatic carbocycles. The molecule has 1 heterocycles. The van der Waals surface area contributed by atoms with Gasteiger partial charge in [-0.05, 0) is 24.6 Å². The Bertz CT molecular complexity index is 857. The summed E-state index contributed by atoms with van der Waals surface area (Å²) in [5.41, 5.74) is 9.03. The van der Waals surface area contributed by atoms with Crippen molar-refractivity contribution >= 4 is 22.6 Å². The molecule has 0 saturated carbocycles. The monoisotopic (exact) mass is 345 g/mol. The predicted octanol–water partition coefficient (Wildman–Crippen LogP) is 3.77. The quantitative estimate of drug-likeness (QED) is 0.764. The number of nitrogens with zero attached hydrogens (tertiary/aromatic N) is 2. The highest BCUT2D eigenvalue weighted by Gasteiger charge is 2.17. The maximum absolute atomic E-state index is 6.13. The topological polar surface area (TPSA) is 62.3 Å². The largest absolute Gasteiger partial charge is 0.493 e. The molecule has 126 valence electrons. The molecule has 0 aliphatic rings. The number of halogens is 1. The normalized spacial score (nSPS) is 12.4. The molecule has 0 fully saturated rings. The first-order chi connectivity index (χ1) is 11.5. The van der Waals surface area contributed by atoms with Crippen LogP contribution in [0.1, 0.15) is 24.4 Å². The maximum Gasteiger partial charge on any atom is 0.163 e. The fraction of sp³-hybridized carbons (Fsp3) is 0.278. The highest BCUT2D eigenvalue weighted by molar-refractivity contribution is 6.30. The van der Waals surface area contributed by atoms with Crippen LogP contribution >= 0.6 is 11.6 Å². The summed E-state index contributed by atoms with van der Waals surface area (Å²) in [6, 6.07) is 11.4. The van der Waals surface area contributed by atoms with Crippen LogP contribution in [0.15, 0.2) is 36.4 Å². The molecule has 0 radical (unpaired) electrons. The molecular formula is C18H20ClN3O2. The first kappa shape index (κ1) is 16.6. The van der Waals surface area contributed by atoms with Gasteiger partial charge in [-0.2, -0.15) is 0 Å². The van der Waals surface area contributed by atoms with E-state index in [0.717, 1.165) is 22.4 Å². The van der Waals surface area contributed by atoms with Gasteiger partial charge in [0.15, 0.2) is 11.5 Å². The van der Waals surface area contributed by atoms with Gasteiger partial charge in [-0.15, -0.1) is 0 Å². The minimum absolute atomic E-state index is 0.193. The molecule has 5 nitrogen and oxygen atoms in total. The summed E-state index contributed by atoms with van der Waals surface area (Å²) in [6.07, 6.45) is 0. The number of benzene rings is 2. The molecule has 2 N–H and O–H groups in total. The van der Waals surface area contributed by atoms with Gasteiger partial charge in [0.2, 0.25) is 0 Å².